The van der Waals surface area contributed by atoms with E-state index in [1.807, 2.05) is 36.4 Å². The molecule has 0 unspecified atom stereocenters. The summed E-state index contributed by atoms with van der Waals surface area (Å²) in [6.07, 6.45) is 3.48. The lowest BCUT2D eigenvalue weighted by Gasteiger charge is -2.20. The van der Waals surface area contributed by atoms with Crippen LogP contribution in [0.1, 0.15) is 45.6 Å². The minimum absolute atomic E-state index is 0.547. The van der Waals surface area contributed by atoms with Crippen LogP contribution in [0.4, 0.5) is 11.4 Å². The second-order valence-electron chi connectivity index (χ2n) is 7.15. The standard InChI is InChI=1S/C24H35N3O2S/c1-5-8-9-16-29-22-13-10-20(11-14-22)25-24(30)26-21-12-15-23(28-4)19(17-21)18-27(6-2)7-3/h10-15,17H,5-9,16,18H2,1-4H3,(H2,25,26,30). The van der Waals surface area contributed by atoms with E-state index >= 15 is 0 Å². The molecule has 0 bridgehead atoms. The molecule has 0 spiro atoms. The molecule has 2 N–H and O–H groups in total. The first-order valence-electron chi connectivity index (χ1n) is 10.8. The van der Waals surface area contributed by atoms with Gasteiger partial charge in [0.25, 0.3) is 0 Å². The minimum atomic E-state index is 0.547. The highest BCUT2D eigenvalue weighted by atomic mass is 32.1. The number of hydrogen-bond acceptors (Lipinski definition) is 4. The van der Waals surface area contributed by atoms with Crippen molar-refractivity contribution in [2.75, 3.05) is 37.4 Å². The van der Waals surface area contributed by atoms with Gasteiger partial charge in [-0.2, -0.15) is 0 Å². The number of benzene rings is 2. The Morgan fingerprint density at radius 1 is 0.933 bits per heavy atom. The van der Waals surface area contributed by atoms with Crippen LogP contribution in [-0.2, 0) is 6.54 Å². The lowest BCUT2D eigenvalue weighted by Crippen LogP contribution is -2.23. The second-order valence-corrected chi connectivity index (χ2v) is 7.56. The Morgan fingerprint density at radius 3 is 2.23 bits per heavy atom. The summed E-state index contributed by atoms with van der Waals surface area (Å²) in [7, 11) is 1.71. The Balaban J connectivity index is 1.94. The summed E-state index contributed by atoms with van der Waals surface area (Å²) in [6, 6.07) is 13.9. The largest absolute Gasteiger partial charge is 0.496 e. The number of rotatable bonds is 12. The van der Waals surface area contributed by atoms with E-state index in [1.54, 1.807) is 7.11 Å². The summed E-state index contributed by atoms with van der Waals surface area (Å²) in [5.41, 5.74) is 3.00. The molecule has 2 aromatic rings. The summed E-state index contributed by atoms with van der Waals surface area (Å²) in [5, 5.41) is 7.04. The molecule has 0 saturated carbocycles. The third kappa shape index (κ3) is 7.84. The average Bonchev–Trinajstić information content (AvgIpc) is 2.76. The van der Waals surface area contributed by atoms with Gasteiger partial charge in [0.05, 0.1) is 13.7 Å². The van der Waals surface area contributed by atoms with Gasteiger partial charge >= 0.3 is 0 Å². The molecule has 0 aliphatic heterocycles. The van der Waals surface area contributed by atoms with Gasteiger partial charge in [-0.15, -0.1) is 0 Å². The molecule has 0 heterocycles. The normalized spacial score (nSPS) is 10.7. The number of anilines is 2. The van der Waals surface area contributed by atoms with E-state index in [1.165, 1.54) is 12.8 Å². The Morgan fingerprint density at radius 2 is 1.60 bits per heavy atom. The number of nitrogens with zero attached hydrogens (tertiary/aromatic N) is 1. The maximum Gasteiger partial charge on any atom is 0.175 e. The quantitative estimate of drug-likeness (QED) is 0.323. The van der Waals surface area contributed by atoms with Gasteiger partial charge in [0, 0.05) is 23.5 Å². The van der Waals surface area contributed by atoms with E-state index < -0.39 is 0 Å². The first-order chi connectivity index (χ1) is 14.6. The zero-order valence-electron chi connectivity index (χ0n) is 18.7. The van der Waals surface area contributed by atoms with Gasteiger partial charge in [-0.1, -0.05) is 33.6 Å². The molecule has 30 heavy (non-hydrogen) atoms. The highest BCUT2D eigenvalue weighted by Gasteiger charge is 2.09. The van der Waals surface area contributed by atoms with Crippen LogP contribution >= 0.6 is 12.2 Å². The van der Waals surface area contributed by atoms with Crippen molar-refractivity contribution in [3.05, 3.63) is 48.0 Å². The summed E-state index contributed by atoms with van der Waals surface area (Å²) in [6.45, 7) is 10.1. The molecule has 0 aromatic heterocycles. The maximum absolute atomic E-state index is 5.76. The molecular weight excluding hydrogens is 394 g/mol. The van der Waals surface area contributed by atoms with Crippen LogP contribution in [-0.4, -0.2) is 36.8 Å². The van der Waals surface area contributed by atoms with Crippen LogP contribution in [0.15, 0.2) is 42.5 Å². The van der Waals surface area contributed by atoms with Crippen LogP contribution < -0.4 is 20.1 Å². The van der Waals surface area contributed by atoms with Gasteiger partial charge in [0.1, 0.15) is 11.5 Å². The zero-order valence-corrected chi connectivity index (χ0v) is 19.5. The van der Waals surface area contributed by atoms with Crippen molar-refractivity contribution in [3.8, 4) is 11.5 Å². The van der Waals surface area contributed by atoms with Gasteiger partial charge in [-0.05, 0) is 74.2 Å². The molecule has 0 fully saturated rings. The van der Waals surface area contributed by atoms with Crippen molar-refractivity contribution >= 4 is 28.7 Å². The van der Waals surface area contributed by atoms with E-state index in [-0.39, 0.29) is 0 Å². The van der Waals surface area contributed by atoms with E-state index in [9.17, 15) is 0 Å². The first kappa shape index (κ1) is 24.0. The Kier molecular flexibility index (Phi) is 10.5. The van der Waals surface area contributed by atoms with E-state index in [0.717, 1.165) is 61.1 Å². The summed E-state index contributed by atoms with van der Waals surface area (Å²) >= 11 is 5.49. The average molecular weight is 430 g/mol. The summed E-state index contributed by atoms with van der Waals surface area (Å²) < 4.78 is 11.3. The van der Waals surface area contributed by atoms with Crippen LogP contribution in [0, 0.1) is 0 Å². The Labute approximate surface area is 186 Å². The van der Waals surface area contributed by atoms with Crippen molar-refractivity contribution in [1.82, 2.24) is 4.90 Å². The molecule has 0 amide bonds. The Hall–Kier alpha value is -2.31. The second kappa shape index (κ2) is 13.1. The van der Waals surface area contributed by atoms with Crippen molar-refractivity contribution in [2.24, 2.45) is 0 Å². The number of hydrogen-bond donors (Lipinski definition) is 2. The van der Waals surface area contributed by atoms with Gasteiger partial charge in [-0.3, -0.25) is 4.90 Å². The SMILES string of the molecule is CCCCCOc1ccc(NC(=S)Nc2ccc(OC)c(CN(CC)CC)c2)cc1. The smallest absolute Gasteiger partial charge is 0.175 e. The van der Waals surface area contributed by atoms with Crippen LogP contribution in [0.5, 0.6) is 11.5 Å². The molecular formula is C24H35N3O2S. The minimum Gasteiger partial charge on any atom is -0.496 e. The predicted molar refractivity (Wildman–Crippen MR) is 131 cm³/mol. The lowest BCUT2D eigenvalue weighted by molar-refractivity contribution is 0.289. The summed E-state index contributed by atoms with van der Waals surface area (Å²) in [4.78, 5) is 2.35. The maximum atomic E-state index is 5.76. The molecule has 5 nitrogen and oxygen atoms in total. The van der Waals surface area contributed by atoms with Crippen molar-refractivity contribution in [1.29, 1.82) is 0 Å². The first-order valence-corrected chi connectivity index (χ1v) is 11.2. The van der Waals surface area contributed by atoms with Gasteiger partial charge in [0.15, 0.2) is 5.11 Å². The number of ether oxygens (including phenoxy) is 2. The fraction of sp³-hybridized carbons (Fsp3) is 0.458. The molecule has 164 valence electrons. The molecule has 0 aliphatic carbocycles. The fourth-order valence-electron chi connectivity index (χ4n) is 3.14. The molecule has 0 atom stereocenters. The summed E-state index contributed by atoms with van der Waals surface area (Å²) in [5.74, 6) is 1.77. The topological polar surface area (TPSA) is 45.8 Å². The van der Waals surface area contributed by atoms with Crippen LogP contribution in [0.2, 0.25) is 0 Å². The molecule has 2 rings (SSSR count). The molecule has 0 saturated heterocycles. The van der Waals surface area contributed by atoms with Crippen LogP contribution in [0.25, 0.3) is 0 Å². The van der Waals surface area contributed by atoms with Gasteiger partial charge in [0.2, 0.25) is 0 Å². The van der Waals surface area contributed by atoms with Crippen LogP contribution in [0.3, 0.4) is 0 Å². The van der Waals surface area contributed by atoms with Crippen molar-refractivity contribution in [2.45, 2.75) is 46.6 Å². The highest BCUT2D eigenvalue weighted by Crippen LogP contribution is 2.24. The fourth-order valence-corrected chi connectivity index (χ4v) is 3.37. The van der Waals surface area contributed by atoms with Crippen molar-refractivity contribution < 1.29 is 9.47 Å². The van der Waals surface area contributed by atoms with Crippen molar-refractivity contribution in [3.63, 3.8) is 0 Å². The van der Waals surface area contributed by atoms with E-state index in [0.29, 0.717) is 5.11 Å². The van der Waals surface area contributed by atoms with Gasteiger partial charge < -0.3 is 20.1 Å². The molecule has 0 radical (unpaired) electrons. The Bertz CT molecular complexity index is 777. The third-order valence-corrected chi connectivity index (χ3v) is 5.16. The number of thiocarbonyl (C=S) groups is 1. The zero-order chi connectivity index (χ0) is 21.8. The lowest BCUT2D eigenvalue weighted by atomic mass is 10.1. The molecule has 0 aliphatic rings. The number of unbranched alkanes of at least 4 members (excludes halogenated alkanes) is 2. The van der Waals surface area contributed by atoms with Gasteiger partial charge in [-0.25, -0.2) is 0 Å². The monoisotopic (exact) mass is 429 g/mol. The third-order valence-electron chi connectivity index (χ3n) is 4.96. The predicted octanol–water partition coefficient (Wildman–Crippen LogP) is 5.91. The molecule has 2 aromatic carbocycles. The highest BCUT2D eigenvalue weighted by molar-refractivity contribution is 7.80. The molecule has 6 heteroatoms. The van der Waals surface area contributed by atoms with E-state index in [4.69, 9.17) is 21.7 Å². The number of nitrogens with one attached hydrogen (secondary N) is 2. The van der Waals surface area contributed by atoms with E-state index in [2.05, 4.69) is 42.4 Å². The number of methoxy groups -OCH3 is 1.